The van der Waals surface area contributed by atoms with Gasteiger partial charge in [0.1, 0.15) is 16.7 Å². The highest BCUT2D eigenvalue weighted by Crippen LogP contribution is 2.36. The first-order valence-corrected chi connectivity index (χ1v) is 11.8. The van der Waals surface area contributed by atoms with Crippen molar-refractivity contribution in [2.75, 3.05) is 0 Å². The van der Waals surface area contributed by atoms with Gasteiger partial charge < -0.3 is 0 Å². The lowest BCUT2D eigenvalue weighted by molar-refractivity contribution is 1.07. The highest BCUT2D eigenvalue weighted by atomic mass is 15.1. The van der Waals surface area contributed by atoms with Crippen LogP contribution < -0.4 is 0 Å². The third kappa shape index (κ3) is 3.15. The van der Waals surface area contributed by atoms with Gasteiger partial charge in [-0.25, -0.2) is 15.0 Å². The van der Waals surface area contributed by atoms with E-state index in [0.29, 0.717) is 5.69 Å². The maximum absolute atomic E-state index is 5.04. The molecule has 0 saturated carbocycles. The van der Waals surface area contributed by atoms with E-state index in [1.54, 1.807) is 18.6 Å². The minimum Gasteiger partial charge on any atom is -0.290 e. The number of hydrogen-bond acceptors (Lipinski definition) is 5. The molecule has 170 valence electrons. The molecule has 0 aliphatic heterocycles. The van der Waals surface area contributed by atoms with E-state index in [1.165, 1.54) is 0 Å². The number of rotatable bonds is 3. The first kappa shape index (κ1) is 20.4. The van der Waals surface area contributed by atoms with E-state index in [0.717, 1.165) is 61.3 Å². The molecule has 0 amide bonds. The number of nitrogens with zero attached hydrogens (tertiary/aromatic N) is 6. The van der Waals surface area contributed by atoms with E-state index in [1.807, 2.05) is 36.4 Å². The third-order valence-electron chi connectivity index (χ3n) is 6.49. The van der Waals surface area contributed by atoms with Crippen LogP contribution in [0, 0.1) is 6.92 Å². The highest BCUT2D eigenvalue weighted by molar-refractivity contribution is 6.00. The summed E-state index contributed by atoms with van der Waals surface area (Å²) in [5.41, 5.74) is 10.2. The van der Waals surface area contributed by atoms with Crippen LogP contribution in [-0.2, 0) is 0 Å². The summed E-state index contributed by atoms with van der Waals surface area (Å²) < 4.78 is 2.21. The zero-order valence-electron chi connectivity index (χ0n) is 19.5. The van der Waals surface area contributed by atoms with Gasteiger partial charge in [-0.3, -0.25) is 14.5 Å². The van der Waals surface area contributed by atoms with E-state index >= 15 is 0 Å². The van der Waals surface area contributed by atoms with Crippen LogP contribution in [0.15, 0.2) is 104 Å². The van der Waals surface area contributed by atoms with Crippen molar-refractivity contribution in [2.45, 2.75) is 6.92 Å². The Morgan fingerprint density at radius 2 is 1.39 bits per heavy atom. The molecule has 0 spiro atoms. The molecule has 0 N–H and O–H groups in total. The van der Waals surface area contributed by atoms with Crippen molar-refractivity contribution in [3.63, 3.8) is 0 Å². The average Bonchev–Trinajstić information content (AvgIpc) is 3.32. The second kappa shape index (κ2) is 8.06. The van der Waals surface area contributed by atoms with Crippen molar-refractivity contribution < 1.29 is 0 Å². The number of benzene rings is 4. The quantitative estimate of drug-likeness (QED) is 0.277. The second-order valence-electron chi connectivity index (χ2n) is 8.71. The predicted octanol–water partition coefficient (Wildman–Crippen LogP) is 6.55. The average molecular weight is 465 g/mol. The summed E-state index contributed by atoms with van der Waals surface area (Å²) in [6.45, 7) is 2.14. The summed E-state index contributed by atoms with van der Waals surface area (Å²) in [7, 11) is 0. The largest absolute Gasteiger partial charge is 0.290 e. The molecule has 0 atom stereocenters. The summed E-state index contributed by atoms with van der Waals surface area (Å²) in [4.78, 5) is 23.7. The van der Waals surface area contributed by atoms with Crippen molar-refractivity contribution in [1.29, 1.82) is 0 Å². The van der Waals surface area contributed by atoms with Crippen molar-refractivity contribution in [2.24, 2.45) is 0 Å². The van der Waals surface area contributed by atoms with E-state index in [-0.39, 0.29) is 0 Å². The Labute approximate surface area is 207 Å². The van der Waals surface area contributed by atoms with Gasteiger partial charge >= 0.3 is 0 Å². The van der Waals surface area contributed by atoms with Crippen LogP contribution in [0.4, 0.5) is 0 Å². The van der Waals surface area contributed by atoms with E-state index in [4.69, 9.17) is 15.0 Å². The first-order chi connectivity index (χ1) is 17.8. The van der Waals surface area contributed by atoms with Crippen LogP contribution in [0.2, 0.25) is 0 Å². The van der Waals surface area contributed by atoms with Gasteiger partial charge in [0.2, 0.25) is 0 Å². The van der Waals surface area contributed by atoms with E-state index in [2.05, 4.69) is 70.0 Å². The number of fused-ring (bicyclic) bond motifs is 4. The minimum atomic E-state index is 0.698. The smallest absolute Gasteiger partial charge is 0.166 e. The monoisotopic (exact) mass is 464 g/mol. The molecule has 0 saturated heterocycles. The molecule has 7 rings (SSSR count). The standard InChI is InChI=1S/C30H20N6/c1-19-8-7-11-21(20-9-3-2-4-10-20)29(19)36-26-13-6-5-12-22(26)35-30(36)25-18-33-28-24(34-25)15-14-23-27(28)32-17-16-31-23/h2-18H,1H3. The Hall–Kier alpha value is -4.97. The Bertz CT molecular complexity index is 1910. The van der Waals surface area contributed by atoms with Gasteiger partial charge in [0.15, 0.2) is 5.82 Å². The van der Waals surface area contributed by atoms with Crippen LogP contribution in [0.3, 0.4) is 0 Å². The fraction of sp³-hybridized carbons (Fsp3) is 0.0333. The number of hydrogen-bond donors (Lipinski definition) is 0. The summed E-state index contributed by atoms with van der Waals surface area (Å²) in [5, 5.41) is 0. The summed E-state index contributed by atoms with van der Waals surface area (Å²) in [5.74, 6) is 0.747. The fourth-order valence-electron chi connectivity index (χ4n) is 4.85. The number of imidazole rings is 1. The number of aryl methyl sites for hydroxylation is 1. The van der Waals surface area contributed by atoms with Crippen molar-refractivity contribution in [3.05, 3.63) is 109 Å². The maximum atomic E-state index is 5.04. The SMILES string of the molecule is Cc1cccc(-c2ccccc2)c1-n1c(-c2cnc3c(ccc4nccnc43)n2)nc2ccccc21. The molecule has 6 nitrogen and oxygen atoms in total. The zero-order valence-corrected chi connectivity index (χ0v) is 19.5. The molecular weight excluding hydrogens is 444 g/mol. The van der Waals surface area contributed by atoms with Crippen LogP contribution >= 0.6 is 0 Å². The van der Waals surface area contributed by atoms with E-state index in [9.17, 15) is 0 Å². The normalized spacial score (nSPS) is 11.5. The Morgan fingerprint density at radius 1 is 0.611 bits per heavy atom. The van der Waals surface area contributed by atoms with Crippen LogP contribution in [-0.4, -0.2) is 29.5 Å². The summed E-state index contributed by atoms with van der Waals surface area (Å²) in [6, 6.07) is 28.9. The van der Waals surface area contributed by atoms with Gasteiger partial charge in [-0.2, -0.15) is 0 Å². The Balaban J connectivity index is 1.53. The number of aromatic nitrogens is 6. The highest BCUT2D eigenvalue weighted by Gasteiger charge is 2.20. The van der Waals surface area contributed by atoms with E-state index < -0.39 is 0 Å². The third-order valence-corrected chi connectivity index (χ3v) is 6.49. The molecule has 0 fully saturated rings. The summed E-state index contributed by atoms with van der Waals surface area (Å²) >= 11 is 0. The molecule has 6 heteroatoms. The molecule has 7 aromatic rings. The molecule has 36 heavy (non-hydrogen) atoms. The van der Waals surface area contributed by atoms with Gasteiger partial charge in [0.05, 0.1) is 34.0 Å². The molecular formula is C30H20N6. The predicted molar refractivity (Wildman–Crippen MR) is 143 cm³/mol. The molecule has 3 aromatic heterocycles. The fourth-order valence-corrected chi connectivity index (χ4v) is 4.85. The van der Waals surface area contributed by atoms with Gasteiger partial charge in [-0.05, 0) is 42.3 Å². The second-order valence-corrected chi connectivity index (χ2v) is 8.71. The molecule has 0 unspecified atom stereocenters. The molecule has 4 aromatic carbocycles. The van der Waals surface area contributed by atoms with Crippen molar-refractivity contribution >= 4 is 33.1 Å². The topological polar surface area (TPSA) is 69.4 Å². The lowest BCUT2D eigenvalue weighted by atomic mass is 10.00. The first-order valence-electron chi connectivity index (χ1n) is 11.8. The van der Waals surface area contributed by atoms with Crippen LogP contribution in [0.1, 0.15) is 5.56 Å². The molecule has 0 aliphatic rings. The van der Waals surface area contributed by atoms with Crippen molar-refractivity contribution in [3.8, 4) is 28.3 Å². The van der Waals surface area contributed by atoms with Crippen LogP contribution in [0.5, 0.6) is 0 Å². The number of para-hydroxylation sites is 3. The molecule has 0 radical (unpaired) electrons. The summed E-state index contributed by atoms with van der Waals surface area (Å²) in [6.07, 6.45) is 5.15. The lowest BCUT2D eigenvalue weighted by Gasteiger charge is -2.17. The lowest BCUT2D eigenvalue weighted by Crippen LogP contribution is -2.04. The van der Waals surface area contributed by atoms with Crippen molar-refractivity contribution in [1.82, 2.24) is 29.5 Å². The van der Waals surface area contributed by atoms with Crippen LogP contribution in [0.25, 0.3) is 61.4 Å². The minimum absolute atomic E-state index is 0.698. The molecule has 0 aliphatic carbocycles. The zero-order chi connectivity index (χ0) is 24.1. The van der Waals surface area contributed by atoms with Gasteiger partial charge in [0.25, 0.3) is 0 Å². The van der Waals surface area contributed by atoms with Gasteiger partial charge in [-0.1, -0.05) is 60.7 Å². The molecule has 3 heterocycles. The Morgan fingerprint density at radius 3 is 2.31 bits per heavy atom. The molecule has 0 bridgehead atoms. The maximum Gasteiger partial charge on any atom is 0.166 e. The van der Waals surface area contributed by atoms with Gasteiger partial charge in [0, 0.05) is 18.0 Å². The van der Waals surface area contributed by atoms with Gasteiger partial charge in [-0.15, -0.1) is 0 Å². The Kier molecular flexibility index (Phi) is 4.57.